The lowest BCUT2D eigenvalue weighted by molar-refractivity contribution is -0.135. The van der Waals surface area contributed by atoms with E-state index in [1.807, 2.05) is 49.4 Å². The second kappa shape index (κ2) is 9.26. The van der Waals surface area contributed by atoms with Gasteiger partial charge >= 0.3 is 0 Å². The van der Waals surface area contributed by atoms with Crippen molar-refractivity contribution < 1.29 is 14.3 Å². The second-order valence-electron chi connectivity index (χ2n) is 7.57. The molecule has 30 heavy (non-hydrogen) atoms. The van der Waals surface area contributed by atoms with Gasteiger partial charge in [-0.15, -0.1) is 0 Å². The third-order valence-corrected chi connectivity index (χ3v) is 6.18. The number of benzene rings is 2. The second-order valence-corrected chi connectivity index (χ2v) is 8.60. The number of carbonyl (C=O) groups excluding carboxylic acids is 2. The molecule has 2 aromatic carbocycles. The molecule has 0 saturated carbocycles. The molecule has 0 spiro atoms. The van der Waals surface area contributed by atoms with Crippen molar-refractivity contribution in [3.05, 3.63) is 54.1 Å². The first-order valence-electron chi connectivity index (χ1n) is 10.2. The number of para-hydroxylation sites is 1. The molecule has 3 aromatic rings. The van der Waals surface area contributed by atoms with Crippen molar-refractivity contribution in [3.8, 4) is 5.75 Å². The number of aromatic nitrogens is 1. The van der Waals surface area contributed by atoms with E-state index >= 15 is 0 Å². The smallest absolute Gasteiger partial charge is 0.231 e. The molecule has 4 rings (SSSR count). The van der Waals surface area contributed by atoms with Crippen molar-refractivity contribution in [2.24, 2.45) is 5.92 Å². The van der Waals surface area contributed by atoms with Crippen LogP contribution in [-0.4, -0.2) is 41.4 Å². The molecule has 1 N–H and O–H groups in total. The molecule has 156 valence electrons. The Labute approximate surface area is 179 Å². The van der Waals surface area contributed by atoms with Crippen LogP contribution in [0.1, 0.15) is 24.8 Å². The van der Waals surface area contributed by atoms with Crippen molar-refractivity contribution in [1.29, 1.82) is 0 Å². The number of fused-ring (bicyclic) bond motifs is 1. The number of rotatable bonds is 6. The Bertz CT molecular complexity index is 1030. The van der Waals surface area contributed by atoms with Crippen LogP contribution in [0.4, 0.5) is 5.13 Å². The normalized spacial score (nSPS) is 16.4. The largest absolute Gasteiger partial charge is 0.493 e. The fourth-order valence-corrected chi connectivity index (χ4v) is 4.61. The van der Waals surface area contributed by atoms with E-state index in [2.05, 4.69) is 16.4 Å². The van der Waals surface area contributed by atoms with Crippen molar-refractivity contribution in [2.75, 3.05) is 25.0 Å². The summed E-state index contributed by atoms with van der Waals surface area (Å²) in [6, 6.07) is 15.5. The van der Waals surface area contributed by atoms with Crippen LogP contribution in [0.5, 0.6) is 5.75 Å². The number of hydrogen-bond acceptors (Lipinski definition) is 5. The third-order valence-electron chi connectivity index (χ3n) is 5.25. The van der Waals surface area contributed by atoms with E-state index in [0.29, 0.717) is 31.2 Å². The maximum absolute atomic E-state index is 12.8. The minimum atomic E-state index is -0.216. The van der Waals surface area contributed by atoms with Crippen LogP contribution in [0.25, 0.3) is 10.2 Å². The van der Waals surface area contributed by atoms with Gasteiger partial charge in [0.25, 0.3) is 0 Å². The Morgan fingerprint density at radius 3 is 2.90 bits per heavy atom. The van der Waals surface area contributed by atoms with Crippen molar-refractivity contribution in [1.82, 2.24) is 9.88 Å². The van der Waals surface area contributed by atoms with Crippen molar-refractivity contribution in [3.63, 3.8) is 0 Å². The molecule has 0 radical (unpaired) electrons. The predicted molar refractivity (Wildman–Crippen MR) is 119 cm³/mol. The van der Waals surface area contributed by atoms with Gasteiger partial charge in [-0.1, -0.05) is 35.6 Å². The molecule has 1 unspecified atom stereocenters. The number of anilines is 1. The average Bonchev–Trinajstić information content (AvgIpc) is 3.15. The number of ether oxygens (including phenoxy) is 1. The standard InChI is InChI=1S/C23H25N3O3S/c1-16-9-10-19-20(14-16)30-23(24-19)25-22(28)17-6-5-12-26(15-17)21(27)11-13-29-18-7-3-2-4-8-18/h2-4,7-10,14,17H,5-6,11-13,15H2,1H3,(H,24,25,28). The van der Waals surface area contributed by atoms with Crippen LogP contribution in [-0.2, 0) is 9.59 Å². The van der Waals surface area contributed by atoms with E-state index < -0.39 is 0 Å². The molecule has 1 aliphatic heterocycles. The fourth-order valence-electron chi connectivity index (χ4n) is 3.64. The Balaban J connectivity index is 1.30. The van der Waals surface area contributed by atoms with E-state index in [1.54, 1.807) is 4.90 Å². The summed E-state index contributed by atoms with van der Waals surface area (Å²) in [5.74, 6) is 0.501. The van der Waals surface area contributed by atoms with Gasteiger partial charge in [0.1, 0.15) is 5.75 Å². The zero-order chi connectivity index (χ0) is 20.9. The Hall–Kier alpha value is -2.93. The minimum Gasteiger partial charge on any atom is -0.493 e. The number of thiazole rings is 1. The quantitative estimate of drug-likeness (QED) is 0.643. The summed E-state index contributed by atoms with van der Waals surface area (Å²) in [6.45, 7) is 3.51. The van der Waals surface area contributed by atoms with Crippen molar-refractivity contribution >= 4 is 38.5 Å². The Morgan fingerprint density at radius 2 is 2.07 bits per heavy atom. The lowest BCUT2D eigenvalue weighted by Crippen LogP contribution is -2.44. The van der Waals surface area contributed by atoms with E-state index in [4.69, 9.17) is 4.74 Å². The number of carbonyl (C=O) groups is 2. The Kier molecular flexibility index (Phi) is 6.28. The molecule has 1 aliphatic rings. The number of aryl methyl sites for hydroxylation is 1. The number of amides is 2. The highest BCUT2D eigenvalue weighted by Gasteiger charge is 2.28. The van der Waals surface area contributed by atoms with Crippen molar-refractivity contribution in [2.45, 2.75) is 26.2 Å². The zero-order valence-electron chi connectivity index (χ0n) is 17.0. The summed E-state index contributed by atoms with van der Waals surface area (Å²) < 4.78 is 6.68. The SMILES string of the molecule is Cc1ccc2nc(NC(=O)C3CCCN(C(=O)CCOc4ccccc4)C3)sc2c1. The lowest BCUT2D eigenvalue weighted by Gasteiger charge is -2.32. The van der Waals surface area contributed by atoms with Crippen LogP contribution in [0.3, 0.4) is 0 Å². The van der Waals surface area contributed by atoms with Gasteiger partial charge in [0, 0.05) is 13.1 Å². The molecular weight excluding hydrogens is 398 g/mol. The summed E-state index contributed by atoms with van der Waals surface area (Å²) >= 11 is 1.48. The average molecular weight is 424 g/mol. The first-order chi connectivity index (χ1) is 14.6. The maximum Gasteiger partial charge on any atom is 0.231 e. The van der Waals surface area contributed by atoms with Gasteiger partial charge in [-0.3, -0.25) is 9.59 Å². The van der Waals surface area contributed by atoms with Gasteiger partial charge in [-0.25, -0.2) is 4.98 Å². The summed E-state index contributed by atoms with van der Waals surface area (Å²) in [7, 11) is 0. The van der Waals surface area contributed by atoms with E-state index in [-0.39, 0.29) is 17.7 Å². The van der Waals surface area contributed by atoms with E-state index in [0.717, 1.165) is 28.8 Å². The molecule has 2 heterocycles. The summed E-state index contributed by atoms with van der Waals surface area (Å²) in [5.41, 5.74) is 2.06. The van der Waals surface area contributed by atoms with Gasteiger partial charge < -0.3 is 15.0 Å². The molecule has 1 atom stereocenters. The van der Waals surface area contributed by atoms with Gasteiger partial charge in [0.2, 0.25) is 11.8 Å². The van der Waals surface area contributed by atoms with Crippen LogP contribution >= 0.6 is 11.3 Å². The van der Waals surface area contributed by atoms with Crippen LogP contribution < -0.4 is 10.1 Å². The summed E-state index contributed by atoms with van der Waals surface area (Å²) in [4.78, 5) is 31.6. The summed E-state index contributed by atoms with van der Waals surface area (Å²) in [5, 5.41) is 3.56. The molecule has 7 heteroatoms. The van der Waals surface area contributed by atoms with Gasteiger partial charge in [-0.05, 0) is 49.6 Å². The predicted octanol–water partition coefficient (Wildman–Crippen LogP) is 4.25. The Morgan fingerprint density at radius 1 is 1.23 bits per heavy atom. The zero-order valence-corrected chi connectivity index (χ0v) is 17.8. The molecule has 0 aliphatic carbocycles. The number of nitrogens with zero attached hydrogens (tertiary/aromatic N) is 2. The number of hydrogen-bond donors (Lipinski definition) is 1. The molecule has 0 bridgehead atoms. The number of likely N-dealkylation sites (tertiary alicyclic amines) is 1. The lowest BCUT2D eigenvalue weighted by atomic mass is 9.97. The first kappa shape index (κ1) is 20.3. The van der Waals surface area contributed by atoms with E-state index in [1.165, 1.54) is 16.9 Å². The highest BCUT2D eigenvalue weighted by atomic mass is 32.1. The maximum atomic E-state index is 12.8. The van der Waals surface area contributed by atoms with Crippen LogP contribution in [0, 0.1) is 12.8 Å². The van der Waals surface area contributed by atoms with Gasteiger partial charge in [0.15, 0.2) is 5.13 Å². The van der Waals surface area contributed by atoms with Gasteiger partial charge in [0.05, 0.1) is 29.2 Å². The molecule has 1 aromatic heterocycles. The van der Waals surface area contributed by atoms with Gasteiger partial charge in [-0.2, -0.15) is 0 Å². The minimum absolute atomic E-state index is 0.0268. The molecule has 2 amide bonds. The highest BCUT2D eigenvalue weighted by molar-refractivity contribution is 7.22. The highest BCUT2D eigenvalue weighted by Crippen LogP contribution is 2.28. The number of nitrogens with one attached hydrogen (secondary N) is 1. The van der Waals surface area contributed by atoms with Crippen LogP contribution in [0.2, 0.25) is 0 Å². The van der Waals surface area contributed by atoms with Crippen LogP contribution in [0.15, 0.2) is 48.5 Å². The fraction of sp³-hybridized carbons (Fsp3) is 0.348. The topological polar surface area (TPSA) is 71.5 Å². The first-order valence-corrected chi connectivity index (χ1v) is 11.0. The molecular formula is C23H25N3O3S. The molecule has 6 nitrogen and oxygen atoms in total. The monoisotopic (exact) mass is 423 g/mol. The third kappa shape index (κ3) is 4.97. The number of piperidine rings is 1. The van der Waals surface area contributed by atoms with E-state index in [9.17, 15) is 9.59 Å². The summed E-state index contributed by atoms with van der Waals surface area (Å²) in [6.07, 6.45) is 1.91. The molecule has 1 fully saturated rings. The molecule has 1 saturated heterocycles.